The van der Waals surface area contributed by atoms with Crippen LogP contribution in [-0.4, -0.2) is 21.8 Å². The van der Waals surface area contributed by atoms with Crippen LogP contribution in [-0.2, 0) is 0 Å². The van der Waals surface area contributed by atoms with Gasteiger partial charge in [-0.05, 0) is 111 Å². The molecule has 0 amide bonds. The number of para-hydroxylation sites is 5. The largest absolute Gasteiger partial charge is 0.309 e. The molecule has 70 heavy (non-hydrogen) atoms. The summed E-state index contributed by atoms with van der Waals surface area (Å²) in [6, 6.07) is 101. The number of hydrogen-bond donors (Lipinski definition) is 0. The molecule has 0 saturated carbocycles. The fraction of sp³-hybridized carbons (Fsp3) is 0. The predicted molar refractivity (Wildman–Crippen MR) is 299 cm³/mol. The van der Waals surface area contributed by atoms with Crippen LogP contribution in [0.1, 0.15) is 0 Å². The average Bonchev–Trinajstić information content (AvgIpc) is 4.07. The van der Waals surface area contributed by atoms with Crippen LogP contribution in [0.15, 0.2) is 273 Å². The van der Waals surface area contributed by atoms with Gasteiger partial charge in [0.2, 0.25) is 0 Å². The smallest absolute Gasteiger partial charge is 0.179 e. The van der Waals surface area contributed by atoms with Crippen LogP contribution in [0.2, 0.25) is 0 Å². The van der Waals surface area contributed by atoms with E-state index in [2.05, 4.69) is 287 Å². The minimum Gasteiger partial charge on any atom is -0.309 e. The summed E-state index contributed by atoms with van der Waals surface area (Å²) in [5.41, 5.74) is 13.1. The van der Waals surface area contributed by atoms with Crippen LogP contribution in [0.3, 0.4) is 0 Å². The SMILES string of the molecule is c1ccc(-n2c3ccccc3c3cc(-c4ccc([Si](c5ccccc5)(c5ccccc5)c5ccc(-n6c7ccccc7c7cc8c(cc76)c6ccccc6n8-c6ccccc6)cc5)cc4)ccc32)cc1. The highest BCUT2D eigenvalue weighted by Gasteiger charge is 2.41. The van der Waals surface area contributed by atoms with Gasteiger partial charge in [-0.15, -0.1) is 0 Å². The zero-order chi connectivity index (χ0) is 46.2. The minimum atomic E-state index is -2.86. The summed E-state index contributed by atoms with van der Waals surface area (Å²) < 4.78 is 7.27. The predicted octanol–water partition coefficient (Wildman–Crippen LogP) is 14.0. The molecule has 0 N–H and O–H groups in total. The zero-order valence-corrected chi connectivity index (χ0v) is 39.3. The van der Waals surface area contributed by atoms with Crippen molar-refractivity contribution in [2.45, 2.75) is 0 Å². The highest BCUT2D eigenvalue weighted by molar-refractivity contribution is 7.19. The molecule has 3 aromatic heterocycles. The first-order valence-corrected chi connectivity index (χ1v) is 26.2. The van der Waals surface area contributed by atoms with E-state index in [0.717, 1.165) is 11.4 Å². The van der Waals surface area contributed by atoms with Crippen LogP contribution in [0.4, 0.5) is 0 Å². The summed E-state index contributed by atoms with van der Waals surface area (Å²) >= 11 is 0. The quantitative estimate of drug-likeness (QED) is 0.107. The highest BCUT2D eigenvalue weighted by Crippen LogP contribution is 2.40. The molecule has 0 radical (unpaired) electrons. The van der Waals surface area contributed by atoms with Crippen LogP contribution in [0.5, 0.6) is 0 Å². The van der Waals surface area contributed by atoms with Gasteiger partial charge in [0.25, 0.3) is 0 Å². The van der Waals surface area contributed by atoms with E-state index in [1.54, 1.807) is 0 Å². The van der Waals surface area contributed by atoms with Crippen LogP contribution in [0, 0.1) is 0 Å². The van der Waals surface area contributed by atoms with Gasteiger partial charge in [-0.25, -0.2) is 0 Å². The van der Waals surface area contributed by atoms with E-state index in [9.17, 15) is 0 Å². The molecule has 4 heteroatoms. The summed E-state index contributed by atoms with van der Waals surface area (Å²) in [7, 11) is -2.86. The van der Waals surface area contributed by atoms with Gasteiger partial charge in [-0.1, -0.05) is 194 Å². The van der Waals surface area contributed by atoms with E-state index in [1.165, 1.54) is 103 Å². The Morgan fingerprint density at radius 2 is 0.514 bits per heavy atom. The molecule has 14 rings (SSSR count). The Balaban J connectivity index is 0.929. The normalized spacial score (nSPS) is 12.0. The maximum absolute atomic E-state index is 2.86. The lowest BCUT2D eigenvalue weighted by Gasteiger charge is -2.34. The number of rotatable bonds is 8. The summed E-state index contributed by atoms with van der Waals surface area (Å²) in [5.74, 6) is 0. The van der Waals surface area contributed by atoms with Gasteiger partial charge >= 0.3 is 0 Å². The third kappa shape index (κ3) is 6.07. The van der Waals surface area contributed by atoms with Crippen molar-refractivity contribution in [1.82, 2.24) is 13.7 Å². The van der Waals surface area contributed by atoms with Crippen molar-refractivity contribution in [2.75, 3.05) is 0 Å². The van der Waals surface area contributed by atoms with Gasteiger partial charge in [-0.3, -0.25) is 0 Å². The van der Waals surface area contributed by atoms with E-state index < -0.39 is 8.07 Å². The topological polar surface area (TPSA) is 14.8 Å². The molecule has 0 spiro atoms. The van der Waals surface area contributed by atoms with Crippen LogP contribution >= 0.6 is 0 Å². The number of benzene rings is 11. The van der Waals surface area contributed by atoms with Crippen molar-refractivity contribution in [3.8, 4) is 28.2 Å². The average molecular weight is 908 g/mol. The summed E-state index contributed by atoms with van der Waals surface area (Å²) in [5, 5.41) is 12.9. The molecule has 0 aliphatic carbocycles. The standard InChI is InChI=1S/C66H45N3Si/c1-5-19-48(20-6-1)67-61-30-16-13-27-55(61)58-43-47(35-42-64(58)67)46-33-38-53(39-34-46)70(51-23-9-3-10-24-51,52-25-11-4-12-26-52)54-40-36-50(37-41-54)69-63-32-18-15-29-57(63)60-44-65-59(45-66(60)69)56-28-14-17-31-62(56)68(65)49-21-7-2-8-22-49/h1-45H. The van der Waals surface area contributed by atoms with E-state index in [4.69, 9.17) is 0 Å². The third-order valence-electron chi connectivity index (χ3n) is 14.8. The Morgan fingerprint density at radius 3 is 0.971 bits per heavy atom. The Bertz CT molecular complexity index is 4210. The third-order valence-corrected chi connectivity index (χ3v) is 19.6. The second-order valence-electron chi connectivity index (χ2n) is 18.5. The second kappa shape index (κ2) is 16.1. The number of fused-ring (bicyclic) bond motifs is 9. The first kappa shape index (κ1) is 40.1. The molecule has 0 aliphatic heterocycles. The van der Waals surface area contributed by atoms with Crippen molar-refractivity contribution >= 4 is 94.2 Å². The monoisotopic (exact) mass is 907 g/mol. The number of hydrogen-bond acceptors (Lipinski definition) is 0. The molecule has 0 unspecified atom stereocenters. The Labute approximate surface area is 407 Å². The van der Waals surface area contributed by atoms with Crippen molar-refractivity contribution in [1.29, 1.82) is 0 Å². The number of aromatic nitrogens is 3. The lowest BCUT2D eigenvalue weighted by Crippen LogP contribution is -2.74. The first-order valence-electron chi connectivity index (χ1n) is 24.2. The van der Waals surface area contributed by atoms with E-state index in [0.29, 0.717) is 0 Å². The van der Waals surface area contributed by atoms with E-state index >= 15 is 0 Å². The zero-order valence-electron chi connectivity index (χ0n) is 38.3. The molecule has 3 heterocycles. The Hall–Kier alpha value is -8.96. The van der Waals surface area contributed by atoms with Crippen molar-refractivity contribution < 1.29 is 0 Å². The molecule has 328 valence electrons. The fourth-order valence-electron chi connectivity index (χ4n) is 11.7. The lowest BCUT2D eigenvalue weighted by atomic mass is 10.0. The van der Waals surface area contributed by atoms with Gasteiger partial charge in [0, 0.05) is 49.4 Å². The van der Waals surface area contributed by atoms with Gasteiger partial charge in [0.1, 0.15) is 0 Å². The lowest BCUT2D eigenvalue weighted by molar-refractivity contribution is 1.17. The number of nitrogens with zero attached hydrogens (tertiary/aromatic N) is 3. The van der Waals surface area contributed by atoms with Crippen molar-refractivity contribution in [2.24, 2.45) is 0 Å². The molecule has 0 bridgehead atoms. The molecular weight excluding hydrogens is 863 g/mol. The van der Waals surface area contributed by atoms with Gasteiger partial charge in [0.15, 0.2) is 8.07 Å². The van der Waals surface area contributed by atoms with Crippen molar-refractivity contribution in [3.05, 3.63) is 273 Å². The maximum Gasteiger partial charge on any atom is 0.179 e. The van der Waals surface area contributed by atoms with E-state index in [-0.39, 0.29) is 0 Å². The van der Waals surface area contributed by atoms with Gasteiger partial charge < -0.3 is 13.7 Å². The first-order chi connectivity index (χ1) is 34.7. The molecule has 14 aromatic rings. The molecule has 3 nitrogen and oxygen atoms in total. The molecule has 0 fully saturated rings. The summed E-state index contributed by atoms with van der Waals surface area (Å²) in [6.45, 7) is 0. The fourth-order valence-corrected chi connectivity index (χ4v) is 16.4. The van der Waals surface area contributed by atoms with E-state index in [1.807, 2.05) is 0 Å². The van der Waals surface area contributed by atoms with Gasteiger partial charge in [0.05, 0.1) is 33.1 Å². The Morgan fingerprint density at radius 1 is 0.200 bits per heavy atom. The second-order valence-corrected chi connectivity index (χ2v) is 22.3. The van der Waals surface area contributed by atoms with Crippen LogP contribution in [0.25, 0.3) is 93.6 Å². The maximum atomic E-state index is 2.47. The molecule has 11 aromatic carbocycles. The van der Waals surface area contributed by atoms with Crippen LogP contribution < -0.4 is 20.7 Å². The molecule has 0 aliphatic rings. The summed E-state index contributed by atoms with van der Waals surface area (Å²) in [4.78, 5) is 0. The van der Waals surface area contributed by atoms with Crippen molar-refractivity contribution in [3.63, 3.8) is 0 Å². The summed E-state index contributed by atoms with van der Waals surface area (Å²) in [6.07, 6.45) is 0. The highest BCUT2D eigenvalue weighted by atomic mass is 28.3. The molecule has 0 saturated heterocycles. The molecular formula is C66H45N3Si. The molecule has 0 atom stereocenters. The Kier molecular flexibility index (Phi) is 9.23. The minimum absolute atomic E-state index is 1.14. The van der Waals surface area contributed by atoms with Gasteiger partial charge in [-0.2, -0.15) is 0 Å².